The third kappa shape index (κ3) is 3.17. The Morgan fingerprint density at radius 3 is 2.68 bits per heavy atom. The van der Waals surface area contributed by atoms with Crippen LogP contribution in [0.25, 0.3) is 0 Å². The highest BCUT2D eigenvalue weighted by Gasteiger charge is 2.57. The van der Waals surface area contributed by atoms with Crippen molar-refractivity contribution in [2.24, 2.45) is 17.3 Å². The molecule has 4 bridgehead atoms. The Balaban J connectivity index is 1.42. The van der Waals surface area contributed by atoms with Gasteiger partial charge in [-0.1, -0.05) is 11.8 Å². The number of amides is 1. The summed E-state index contributed by atoms with van der Waals surface area (Å²) in [4.78, 5) is 25.3. The maximum Gasteiger partial charge on any atom is 0.271 e. The molecule has 0 radical (unpaired) electrons. The zero-order valence-corrected chi connectivity index (χ0v) is 16.1. The molecule has 0 saturated heterocycles. The van der Waals surface area contributed by atoms with Gasteiger partial charge in [0.25, 0.3) is 5.91 Å². The van der Waals surface area contributed by atoms with Crippen molar-refractivity contribution in [1.82, 2.24) is 20.3 Å². The second-order valence-electron chi connectivity index (χ2n) is 9.00. The number of rotatable bonds is 2. The number of carbonyl (C=O) groups is 1. The fourth-order valence-electron chi connectivity index (χ4n) is 6.10. The lowest BCUT2D eigenvalue weighted by molar-refractivity contribution is -0.0484. The van der Waals surface area contributed by atoms with Gasteiger partial charge in [-0.25, -0.2) is 4.98 Å². The van der Waals surface area contributed by atoms with Crippen molar-refractivity contribution in [1.29, 1.82) is 0 Å². The van der Waals surface area contributed by atoms with Crippen LogP contribution in [0.4, 0.5) is 0 Å². The molecule has 1 N–H and O–H groups in total. The smallest absolute Gasteiger partial charge is 0.271 e. The molecule has 0 aromatic carbocycles. The second kappa shape index (κ2) is 6.41. The van der Waals surface area contributed by atoms with E-state index in [1.165, 1.54) is 12.6 Å². The molecule has 5 heteroatoms. The van der Waals surface area contributed by atoms with E-state index in [0.717, 1.165) is 43.4 Å². The molecule has 28 heavy (non-hydrogen) atoms. The molecule has 5 nitrogen and oxygen atoms in total. The lowest BCUT2D eigenvalue weighted by atomic mass is 9.47. The number of hydrogen-bond acceptors (Lipinski definition) is 4. The highest BCUT2D eigenvalue weighted by atomic mass is 16.2. The van der Waals surface area contributed by atoms with Crippen molar-refractivity contribution < 1.29 is 4.79 Å². The average molecular weight is 372 g/mol. The molecule has 1 amide bonds. The molecule has 2 aromatic rings. The van der Waals surface area contributed by atoms with Gasteiger partial charge in [-0.05, 0) is 69.4 Å². The van der Waals surface area contributed by atoms with Crippen LogP contribution >= 0.6 is 0 Å². The van der Waals surface area contributed by atoms with Gasteiger partial charge < -0.3 is 5.32 Å². The third-order valence-electron chi connectivity index (χ3n) is 6.60. The fraction of sp³-hybridized carbons (Fsp3) is 0.478. The molecule has 2 unspecified atom stereocenters. The number of nitrogens with one attached hydrogen (secondary N) is 1. The molecule has 2 atom stereocenters. The summed E-state index contributed by atoms with van der Waals surface area (Å²) in [6.07, 6.45) is 13.2. The van der Waals surface area contributed by atoms with Gasteiger partial charge in [-0.2, -0.15) is 0 Å². The van der Waals surface area contributed by atoms with Gasteiger partial charge in [0.05, 0.1) is 6.20 Å². The van der Waals surface area contributed by atoms with Crippen LogP contribution in [0.2, 0.25) is 0 Å². The van der Waals surface area contributed by atoms with E-state index in [1.54, 1.807) is 12.4 Å². The van der Waals surface area contributed by atoms with Crippen molar-refractivity contribution in [3.63, 3.8) is 0 Å². The van der Waals surface area contributed by atoms with Crippen molar-refractivity contribution in [3.8, 4) is 11.8 Å². The molecule has 4 fully saturated rings. The lowest BCUT2D eigenvalue weighted by Crippen LogP contribution is -2.63. The maximum absolute atomic E-state index is 12.8. The second-order valence-corrected chi connectivity index (χ2v) is 9.00. The number of aromatic nitrogens is 3. The van der Waals surface area contributed by atoms with Crippen molar-refractivity contribution in [2.75, 3.05) is 0 Å². The molecule has 4 saturated carbocycles. The van der Waals surface area contributed by atoms with Gasteiger partial charge in [-0.15, -0.1) is 0 Å². The van der Waals surface area contributed by atoms with Crippen LogP contribution in [0.1, 0.15) is 60.3 Å². The maximum atomic E-state index is 12.8. The summed E-state index contributed by atoms with van der Waals surface area (Å²) in [7, 11) is 0. The third-order valence-corrected chi connectivity index (χ3v) is 6.60. The minimum atomic E-state index is -0.151. The van der Waals surface area contributed by atoms with Crippen LogP contribution in [0.5, 0.6) is 0 Å². The number of aryl methyl sites for hydroxylation is 1. The Morgan fingerprint density at radius 2 is 1.96 bits per heavy atom. The van der Waals surface area contributed by atoms with Crippen LogP contribution < -0.4 is 5.32 Å². The Bertz CT molecular complexity index is 961. The predicted octanol–water partition coefficient (Wildman–Crippen LogP) is 3.30. The molecule has 142 valence electrons. The zero-order chi connectivity index (χ0) is 19.2. The molecule has 2 aromatic heterocycles. The van der Waals surface area contributed by atoms with E-state index < -0.39 is 0 Å². The largest absolute Gasteiger partial charge is 0.345 e. The van der Waals surface area contributed by atoms with Gasteiger partial charge in [0, 0.05) is 40.8 Å². The van der Waals surface area contributed by atoms with Crippen LogP contribution in [0.15, 0.2) is 36.9 Å². The molecule has 0 aliphatic heterocycles. The molecule has 4 aliphatic carbocycles. The Hall–Kier alpha value is -2.74. The highest BCUT2D eigenvalue weighted by Crippen LogP contribution is 2.61. The van der Waals surface area contributed by atoms with Crippen molar-refractivity contribution >= 4 is 5.91 Å². The average Bonchev–Trinajstić information content (AvgIpc) is 2.66. The van der Waals surface area contributed by atoms with Gasteiger partial charge in [0.2, 0.25) is 0 Å². The first-order valence-corrected chi connectivity index (χ1v) is 10.1. The zero-order valence-electron chi connectivity index (χ0n) is 16.1. The molecule has 4 aliphatic rings. The van der Waals surface area contributed by atoms with Crippen molar-refractivity contribution in [3.05, 3.63) is 53.9 Å². The molecule has 2 heterocycles. The highest BCUT2D eigenvalue weighted by molar-refractivity contribution is 5.92. The Labute approximate surface area is 165 Å². The quantitative estimate of drug-likeness (QED) is 0.822. The van der Waals surface area contributed by atoms with E-state index in [-0.39, 0.29) is 16.9 Å². The normalized spacial score (nSPS) is 32.5. The first kappa shape index (κ1) is 17.4. The fourth-order valence-corrected chi connectivity index (χ4v) is 6.10. The summed E-state index contributed by atoms with van der Waals surface area (Å²) in [5.74, 6) is 8.26. The summed E-state index contributed by atoms with van der Waals surface area (Å²) in [5.41, 5.74) is 2.27. The number of pyridine rings is 1. The summed E-state index contributed by atoms with van der Waals surface area (Å²) in [5, 5.41) is 3.35. The van der Waals surface area contributed by atoms with E-state index >= 15 is 0 Å². The van der Waals surface area contributed by atoms with Crippen LogP contribution in [0.3, 0.4) is 0 Å². The van der Waals surface area contributed by atoms with Gasteiger partial charge in [-0.3, -0.25) is 14.8 Å². The predicted molar refractivity (Wildman–Crippen MR) is 105 cm³/mol. The van der Waals surface area contributed by atoms with E-state index in [9.17, 15) is 4.79 Å². The SMILES string of the molecule is Cc1cc(C#CC23CC4CC(C2)CC(NC(=O)c2cnccn2)(C4)C3)ccn1. The standard InChI is InChI=1S/C23H24N4O/c1-16-8-17(3-5-25-16)2-4-22-10-18-9-19(11-22)13-23(12-18,15-22)27-21(28)20-14-24-6-7-26-20/h3,5-8,14,18-19H,9-13,15H2,1H3,(H,27,28). The van der Waals surface area contributed by atoms with Crippen LogP contribution in [-0.4, -0.2) is 26.4 Å². The minimum Gasteiger partial charge on any atom is -0.345 e. The summed E-state index contributed by atoms with van der Waals surface area (Å²) in [6, 6.07) is 4.02. The monoisotopic (exact) mass is 372 g/mol. The Kier molecular flexibility index (Phi) is 3.97. The number of hydrogen-bond donors (Lipinski definition) is 1. The van der Waals surface area contributed by atoms with E-state index in [4.69, 9.17) is 0 Å². The van der Waals surface area contributed by atoms with Crippen LogP contribution in [0, 0.1) is 36.0 Å². The topological polar surface area (TPSA) is 67.8 Å². The van der Waals surface area contributed by atoms with E-state index in [0.29, 0.717) is 17.5 Å². The number of carbonyl (C=O) groups excluding carboxylic acids is 1. The first-order chi connectivity index (χ1) is 13.5. The molecular weight excluding hydrogens is 348 g/mol. The lowest BCUT2D eigenvalue weighted by Gasteiger charge is -2.60. The van der Waals surface area contributed by atoms with Gasteiger partial charge in [0.15, 0.2) is 0 Å². The molecule has 0 spiro atoms. The van der Waals surface area contributed by atoms with E-state index in [2.05, 4.69) is 32.1 Å². The molecular formula is C23H24N4O. The first-order valence-electron chi connectivity index (χ1n) is 10.1. The number of nitrogens with zero attached hydrogens (tertiary/aromatic N) is 3. The molecule has 6 rings (SSSR count). The van der Waals surface area contributed by atoms with Gasteiger partial charge >= 0.3 is 0 Å². The Morgan fingerprint density at radius 1 is 1.14 bits per heavy atom. The van der Waals surface area contributed by atoms with Crippen LogP contribution in [-0.2, 0) is 0 Å². The minimum absolute atomic E-state index is 0.0108. The van der Waals surface area contributed by atoms with E-state index in [1.807, 2.05) is 25.3 Å². The van der Waals surface area contributed by atoms with Crippen molar-refractivity contribution in [2.45, 2.75) is 51.0 Å². The summed E-state index contributed by atoms with van der Waals surface area (Å²) in [6.45, 7) is 1.99. The summed E-state index contributed by atoms with van der Waals surface area (Å²) >= 11 is 0. The van der Waals surface area contributed by atoms with Gasteiger partial charge in [0.1, 0.15) is 5.69 Å². The summed E-state index contributed by atoms with van der Waals surface area (Å²) < 4.78 is 0.